The minimum Gasteiger partial charge on any atom is -0.478 e. The summed E-state index contributed by atoms with van der Waals surface area (Å²) >= 11 is 0. The molecule has 3 aromatic rings. The number of hydrogen-bond donors (Lipinski definition) is 2. The zero-order chi connectivity index (χ0) is 17.1. The van der Waals surface area contributed by atoms with E-state index in [0.717, 1.165) is 0 Å². The first-order valence-corrected chi connectivity index (χ1v) is 7.10. The van der Waals surface area contributed by atoms with Gasteiger partial charge >= 0.3 is 5.97 Å². The fraction of sp³-hybridized carbons (Fsp3) is 0.125. The number of aryl methyl sites for hydroxylation is 1. The summed E-state index contributed by atoms with van der Waals surface area (Å²) in [6, 6.07) is 6.61. The number of carbonyl (C=O) groups is 2. The Morgan fingerprint density at radius 1 is 1.33 bits per heavy atom. The van der Waals surface area contributed by atoms with Crippen LogP contribution in [0, 0.1) is 6.92 Å². The van der Waals surface area contributed by atoms with Crippen molar-refractivity contribution in [3.63, 3.8) is 0 Å². The van der Waals surface area contributed by atoms with Gasteiger partial charge in [0, 0.05) is 13.1 Å². The number of para-hydroxylation sites is 1. The molecule has 8 nitrogen and oxygen atoms in total. The van der Waals surface area contributed by atoms with Crippen LogP contribution in [-0.2, 0) is 6.54 Å². The van der Waals surface area contributed by atoms with Gasteiger partial charge < -0.3 is 19.4 Å². The molecule has 1 aromatic carbocycles. The van der Waals surface area contributed by atoms with Crippen LogP contribution >= 0.6 is 0 Å². The first kappa shape index (κ1) is 15.5. The van der Waals surface area contributed by atoms with Gasteiger partial charge in [-0.3, -0.25) is 4.79 Å². The first-order valence-electron chi connectivity index (χ1n) is 7.10. The quantitative estimate of drug-likeness (QED) is 0.739. The molecule has 2 heterocycles. The summed E-state index contributed by atoms with van der Waals surface area (Å²) in [6.07, 6.45) is 4.45. The molecular weight excluding hydrogens is 312 g/mol. The Morgan fingerprint density at radius 2 is 2.12 bits per heavy atom. The summed E-state index contributed by atoms with van der Waals surface area (Å²) in [7, 11) is 0. The minimum atomic E-state index is -1.02. The topological polar surface area (TPSA) is 110 Å². The van der Waals surface area contributed by atoms with Crippen molar-refractivity contribution in [1.29, 1.82) is 0 Å². The highest BCUT2D eigenvalue weighted by molar-refractivity contribution is 5.92. The van der Waals surface area contributed by atoms with Gasteiger partial charge in [0.15, 0.2) is 11.6 Å². The van der Waals surface area contributed by atoms with E-state index < -0.39 is 5.97 Å². The number of benzene rings is 1. The van der Waals surface area contributed by atoms with Crippen molar-refractivity contribution < 1.29 is 19.1 Å². The van der Waals surface area contributed by atoms with E-state index >= 15 is 0 Å². The number of nitrogens with zero attached hydrogens (tertiary/aromatic N) is 3. The van der Waals surface area contributed by atoms with Crippen LogP contribution in [0.25, 0.3) is 5.69 Å². The zero-order valence-corrected chi connectivity index (χ0v) is 12.8. The molecule has 24 heavy (non-hydrogen) atoms. The lowest BCUT2D eigenvalue weighted by atomic mass is 10.2. The summed E-state index contributed by atoms with van der Waals surface area (Å²) in [6.45, 7) is 1.84. The molecule has 2 aromatic heterocycles. The van der Waals surface area contributed by atoms with E-state index in [1.54, 1.807) is 35.9 Å². The van der Waals surface area contributed by atoms with E-state index in [4.69, 9.17) is 4.42 Å². The maximum atomic E-state index is 11.9. The maximum Gasteiger partial charge on any atom is 0.337 e. The van der Waals surface area contributed by atoms with Crippen LogP contribution in [0.15, 0.2) is 47.5 Å². The summed E-state index contributed by atoms with van der Waals surface area (Å²) in [4.78, 5) is 31.3. The van der Waals surface area contributed by atoms with Gasteiger partial charge in [0.25, 0.3) is 5.91 Å². The van der Waals surface area contributed by atoms with E-state index in [1.807, 2.05) is 0 Å². The molecule has 2 N–H and O–H groups in total. The second-order valence-electron chi connectivity index (χ2n) is 5.03. The molecule has 0 aliphatic carbocycles. The Morgan fingerprint density at radius 3 is 2.83 bits per heavy atom. The number of carboxylic acids is 1. The molecule has 0 aliphatic rings. The van der Waals surface area contributed by atoms with Crippen LogP contribution < -0.4 is 5.32 Å². The maximum absolute atomic E-state index is 11.9. The van der Waals surface area contributed by atoms with Crippen LogP contribution in [0.2, 0.25) is 0 Å². The predicted molar refractivity (Wildman–Crippen MR) is 82.9 cm³/mol. The lowest BCUT2D eigenvalue weighted by molar-refractivity contribution is 0.0696. The van der Waals surface area contributed by atoms with Gasteiger partial charge in [-0.15, -0.1) is 0 Å². The first-order chi connectivity index (χ1) is 11.5. The van der Waals surface area contributed by atoms with Crippen LogP contribution in [-0.4, -0.2) is 31.5 Å². The molecule has 0 saturated heterocycles. The van der Waals surface area contributed by atoms with Crippen molar-refractivity contribution in [2.75, 3.05) is 0 Å². The molecule has 0 saturated carbocycles. The number of aromatic nitrogens is 3. The van der Waals surface area contributed by atoms with Gasteiger partial charge in [-0.05, 0) is 12.1 Å². The zero-order valence-electron chi connectivity index (χ0n) is 12.8. The lowest BCUT2D eigenvalue weighted by Gasteiger charge is -2.05. The van der Waals surface area contributed by atoms with Gasteiger partial charge in [0.1, 0.15) is 6.26 Å². The highest BCUT2D eigenvalue weighted by Gasteiger charge is 2.13. The average Bonchev–Trinajstić information content (AvgIpc) is 3.21. The normalized spacial score (nSPS) is 10.5. The van der Waals surface area contributed by atoms with Crippen LogP contribution in [0.3, 0.4) is 0 Å². The number of hydrogen-bond acceptors (Lipinski definition) is 5. The number of carbonyl (C=O) groups excluding carboxylic acids is 1. The fourth-order valence-corrected chi connectivity index (χ4v) is 2.20. The molecule has 1 amide bonds. The van der Waals surface area contributed by atoms with Gasteiger partial charge in [-0.25, -0.2) is 14.8 Å². The van der Waals surface area contributed by atoms with E-state index in [-0.39, 0.29) is 23.7 Å². The van der Waals surface area contributed by atoms with Crippen molar-refractivity contribution in [3.8, 4) is 5.69 Å². The molecule has 0 bridgehead atoms. The molecule has 0 radical (unpaired) electrons. The lowest BCUT2D eigenvalue weighted by Crippen LogP contribution is -2.23. The summed E-state index contributed by atoms with van der Waals surface area (Å²) in [5, 5.41) is 11.9. The number of imidazole rings is 1. The molecule has 0 atom stereocenters. The SMILES string of the molecule is Cc1nc(C(=O)NCc2cn(-c3ccccc3C(=O)O)cn2)co1. The largest absolute Gasteiger partial charge is 0.478 e. The molecule has 0 fully saturated rings. The standard InChI is InChI=1S/C16H14N4O4/c1-10-19-13(8-24-10)15(21)17-6-11-7-20(9-18-11)14-5-3-2-4-12(14)16(22)23/h2-5,7-9H,6H2,1H3,(H,17,21)(H,22,23). The van der Waals surface area contributed by atoms with Gasteiger partial charge in [-0.1, -0.05) is 12.1 Å². The summed E-state index contributed by atoms with van der Waals surface area (Å²) < 4.78 is 6.59. The average molecular weight is 326 g/mol. The minimum absolute atomic E-state index is 0.170. The highest BCUT2D eigenvalue weighted by Crippen LogP contribution is 2.15. The van der Waals surface area contributed by atoms with Crippen molar-refractivity contribution in [2.45, 2.75) is 13.5 Å². The molecule has 0 aliphatic heterocycles. The molecule has 122 valence electrons. The molecule has 8 heteroatoms. The van der Waals surface area contributed by atoms with Crippen LogP contribution in [0.5, 0.6) is 0 Å². The second kappa shape index (κ2) is 6.37. The predicted octanol–water partition coefficient (Wildman–Crippen LogP) is 1.80. The van der Waals surface area contributed by atoms with E-state index in [1.165, 1.54) is 18.7 Å². The van der Waals surface area contributed by atoms with Gasteiger partial charge in [0.2, 0.25) is 0 Å². The van der Waals surface area contributed by atoms with Crippen molar-refractivity contribution in [1.82, 2.24) is 19.9 Å². The van der Waals surface area contributed by atoms with Crippen molar-refractivity contribution in [2.24, 2.45) is 0 Å². The molecular formula is C16H14N4O4. The highest BCUT2D eigenvalue weighted by atomic mass is 16.4. The third kappa shape index (κ3) is 3.17. The van der Waals surface area contributed by atoms with Crippen LogP contribution in [0.4, 0.5) is 0 Å². The number of carboxylic acid groups (broad SMARTS) is 1. The van der Waals surface area contributed by atoms with Gasteiger partial charge in [-0.2, -0.15) is 0 Å². The second-order valence-corrected chi connectivity index (χ2v) is 5.03. The Bertz CT molecular complexity index is 897. The number of oxazole rings is 1. The van der Waals surface area contributed by atoms with E-state index in [0.29, 0.717) is 17.3 Å². The Hall–Kier alpha value is -3.42. The summed E-state index contributed by atoms with van der Waals surface area (Å²) in [5.74, 6) is -0.974. The monoisotopic (exact) mass is 326 g/mol. The van der Waals surface area contributed by atoms with Crippen molar-refractivity contribution >= 4 is 11.9 Å². The third-order valence-corrected chi connectivity index (χ3v) is 3.33. The number of nitrogens with one attached hydrogen (secondary N) is 1. The Balaban J connectivity index is 1.72. The Kier molecular flexibility index (Phi) is 4.11. The number of amides is 1. The summed E-state index contributed by atoms with van der Waals surface area (Å²) in [5.41, 5.74) is 1.46. The van der Waals surface area contributed by atoms with E-state index in [9.17, 15) is 14.7 Å². The van der Waals surface area contributed by atoms with Gasteiger partial charge in [0.05, 0.1) is 29.8 Å². The molecule has 3 rings (SSSR count). The van der Waals surface area contributed by atoms with Crippen LogP contribution in [0.1, 0.15) is 32.4 Å². The van der Waals surface area contributed by atoms with Crippen molar-refractivity contribution in [3.05, 3.63) is 65.9 Å². The Labute approximate surface area is 136 Å². The van der Waals surface area contributed by atoms with E-state index in [2.05, 4.69) is 15.3 Å². The fourth-order valence-electron chi connectivity index (χ4n) is 2.20. The molecule has 0 spiro atoms. The number of aromatic carboxylic acids is 1. The smallest absolute Gasteiger partial charge is 0.337 e. The molecule has 0 unspecified atom stereocenters. The third-order valence-electron chi connectivity index (χ3n) is 3.33. The number of rotatable bonds is 5.